The Morgan fingerprint density at radius 3 is 3.00 bits per heavy atom. The summed E-state index contributed by atoms with van der Waals surface area (Å²) in [7, 11) is 0. The van der Waals surface area contributed by atoms with Gasteiger partial charge in [0.05, 0.1) is 0 Å². The molecule has 0 aliphatic heterocycles. The molecule has 2 bridgehead atoms. The van der Waals surface area contributed by atoms with E-state index in [1.54, 1.807) is 11.1 Å². The van der Waals surface area contributed by atoms with Crippen LogP contribution in [-0.2, 0) is 0 Å². The summed E-state index contributed by atoms with van der Waals surface area (Å²) in [5.41, 5.74) is 12.8. The van der Waals surface area contributed by atoms with Crippen molar-refractivity contribution in [3.63, 3.8) is 0 Å². The Kier molecular flexibility index (Phi) is 2.30. The van der Waals surface area contributed by atoms with Gasteiger partial charge in [0.15, 0.2) is 0 Å². The smallest absolute Gasteiger partial charge is 0.00323 e. The Bertz CT molecular complexity index is 559. The van der Waals surface area contributed by atoms with Gasteiger partial charge in [-0.05, 0) is 73.1 Å². The topological polar surface area (TPSA) is 26.0 Å². The summed E-state index contributed by atoms with van der Waals surface area (Å²) in [6.07, 6.45) is 5.25. The number of allylic oxidation sites excluding steroid dienone is 1. The number of rotatable bonds is 1. The highest BCUT2D eigenvalue weighted by molar-refractivity contribution is 5.50. The van der Waals surface area contributed by atoms with Gasteiger partial charge in [0.1, 0.15) is 0 Å². The average molecular weight is 253 g/mol. The second-order valence-electron chi connectivity index (χ2n) is 6.97. The van der Waals surface area contributed by atoms with E-state index in [9.17, 15) is 0 Å². The lowest BCUT2D eigenvalue weighted by Gasteiger charge is -2.40. The summed E-state index contributed by atoms with van der Waals surface area (Å²) in [4.78, 5) is 0. The molecule has 1 heteroatoms. The molecule has 4 rings (SSSR count). The van der Waals surface area contributed by atoms with Gasteiger partial charge in [0.2, 0.25) is 0 Å². The van der Waals surface area contributed by atoms with Crippen molar-refractivity contribution in [2.24, 2.45) is 17.1 Å². The summed E-state index contributed by atoms with van der Waals surface area (Å²) in [5, 5.41) is 0. The van der Waals surface area contributed by atoms with Crippen LogP contribution in [0.2, 0.25) is 0 Å². The van der Waals surface area contributed by atoms with Crippen LogP contribution in [0.25, 0.3) is 0 Å². The predicted molar refractivity (Wildman–Crippen MR) is 79.2 cm³/mol. The van der Waals surface area contributed by atoms with E-state index < -0.39 is 0 Å². The first-order chi connectivity index (χ1) is 9.17. The van der Waals surface area contributed by atoms with Gasteiger partial charge in [-0.2, -0.15) is 0 Å². The normalized spacial score (nSPS) is 39.3. The van der Waals surface area contributed by atoms with Crippen molar-refractivity contribution in [2.45, 2.75) is 44.4 Å². The van der Waals surface area contributed by atoms with E-state index in [-0.39, 0.29) is 0 Å². The van der Waals surface area contributed by atoms with Crippen molar-refractivity contribution >= 4 is 0 Å². The molecule has 1 nitrogen and oxygen atoms in total. The van der Waals surface area contributed by atoms with Crippen LogP contribution in [0.3, 0.4) is 0 Å². The third-order valence-corrected chi connectivity index (χ3v) is 6.27. The third kappa shape index (κ3) is 1.30. The molecule has 2 saturated carbocycles. The van der Waals surface area contributed by atoms with Gasteiger partial charge in [-0.3, -0.25) is 0 Å². The number of aryl methyl sites for hydroxylation is 1. The van der Waals surface area contributed by atoms with E-state index in [1.165, 1.54) is 36.8 Å². The van der Waals surface area contributed by atoms with E-state index in [0.717, 1.165) is 18.4 Å². The Labute approximate surface area is 115 Å². The molecule has 1 aromatic carbocycles. The first-order valence-electron chi connectivity index (χ1n) is 7.64. The van der Waals surface area contributed by atoms with Crippen molar-refractivity contribution in [2.75, 3.05) is 6.54 Å². The summed E-state index contributed by atoms with van der Waals surface area (Å²) in [6, 6.07) is 6.86. The molecule has 100 valence electrons. The number of fused-ring (bicyclic) bond motifs is 3. The maximum atomic E-state index is 6.22. The lowest BCUT2D eigenvalue weighted by Crippen LogP contribution is -2.33. The summed E-state index contributed by atoms with van der Waals surface area (Å²) in [6.45, 7) is 7.43. The van der Waals surface area contributed by atoms with Crippen molar-refractivity contribution in [1.82, 2.24) is 0 Å². The largest absolute Gasteiger partial charge is 0.330 e. The van der Waals surface area contributed by atoms with Gasteiger partial charge in [-0.1, -0.05) is 30.4 Å². The summed E-state index contributed by atoms with van der Waals surface area (Å²) < 4.78 is 0. The second-order valence-corrected chi connectivity index (χ2v) is 6.97. The summed E-state index contributed by atoms with van der Waals surface area (Å²) in [5.74, 6) is 2.09. The van der Waals surface area contributed by atoms with Crippen LogP contribution < -0.4 is 5.73 Å². The van der Waals surface area contributed by atoms with E-state index in [1.807, 2.05) is 0 Å². The first kappa shape index (κ1) is 11.7. The Morgan fingerprint density at radius 1 is 1.37 bits per heavy atom. The fourth-order valence-corrected chi connectivity index (χ4v) is 5.57. The van der Waals surface area contributed by atoms with Crippen molar-refractivity contribution in [1.29, 1.82) is 0 Å². The van der Waals surface area contributed by atoms with Crippen molar-refractivity contribution < 1.29 is 0 Å². The average Bonchev–Trinajstić information content (AvgIpc) is 2.82. The molecule has 0 amide bonds. The molecule has 2 fully saturated rings. The van der Waals surface area contributed by atoms with Crippen molar-refractivity contribution in [3.05, 3.63) is 47.0 Å². The van der Waals surface area contributed by atoms with Crippen LogP contribution in [0, 0.1) is 18.3 Å². The highest BCUT2D eigenvalue weighted by Gasteiger charge is 2.59. The maximum absolute atomic E-state index is 6.22. The highest BCUT2D eigenvalue weighted by atomic mass is 14.7. The minimum Gasteiger partial charge on any atom is -0.330 e. The minimum absolute atomic E-state index is 0.420. The number of nitrogens with two attached hydrogens (primary N) is 1. The van der Waals surface area contributed by atoms with Crippen LogP contribution in [0.1, 0.15) is 54.2 Å². The second kappa shape index (κ2) is 3.73. The molecule has 3 aliphatic carbocycles. The summed E-state index contributed by atoms with van der Waals surface area (Å²) >= 11 is 0. The third-order valence-electron chi connectivity index (χ3n) is 6.27. The predicted octanol–water partition coefficient (Wildman–Crippen LogP) is 3.88. The number of hydrogen-bond donors (Lipinski definition) is 1. The SMILES string of the molecule is C=C1CC23CC1CCC2c1cccc(C)c1C3CN. The van der Waals surface area contributed by atoms with Gasteiger partial charge < -0.3 is 5.73 Å². The zero-order chi connectivity index (χ0) is 13.2. The van der Waals surface area contributed by atoms with Crippen LogP contribution in [0.5, 0.6) is 0 Å². The minimum atomic E-state index is 0.420. The van der Waals surface area contributed by atoms with Gasteiger partial charge in [0, 0.05) is 5.92 Å². The Hall–Kier alpha value is -1.08. The molecule has 0 saturated heterocycles. The van der Waals surface area contributed by atoms with Crippen LogP contribution in [-0.4, -0.2) is 6.54 Å². The molecule has 0 aromatic heterocycles. The number of hydrogen-bond acceptors (Lipinski definition) is 1. The lowest BCUT2D eigenvalue weighted by molar-refractivity contribution is 0.154. The molecule has 2 N–H and O–H groups in total. The highest BCUT2D eigenvalue weighted by Crippen LogP contribution is 2.70. The molecule has 0 heterocycles. The van der Waals surface area contributed by atoms with Crippen LogP contribution in [0.4, 0.5) is 0 Å². The van der Waals surface area contributed by atoms with E-state index in [2.05, 4.69) is 31.7 Å². The Balaban J connectivity index is 1.93. The fourth-order valence-electron chi connectivity index (χ4n) is 5.57. The quantitative estimate of drug-likeness (QED) is 0.755. The van der Waals surface area contributed by atoms with E-state index >= 15 is 0 Å². The molecular weight excluding hydrogens is 230 g/mol. The van der Waals surface area contributed by atoms with Crippen LogP contribution >= 0.6 is 0 Å². The van der Waals surface area contributed by atoms with E-state index in [0.29, 0.717) is 11.3 Å². The zero-order valence-electron chi connectivity index (χ0n) is 11.8. The molecule has 1 aromatic rings. The van der Waals surface area contributed by atoms with E-state index in [4.69, 9.17) is 5.73 Å². The zero-order valence-corrected chi connectivity index (χ0v) is 11.8. The lowest BCUT2D eigenvalue weighted by atomic mass is 9.64. The molecule has 1 spiro atoms. The van der Waals surface area contributed by atoms with Crippen molar-refractivity contribution in [3.8, 4) is 0 Å². The molecule has 19 heavy (non-hydrogen) atoms. The molecule has 0 radical (unpaired) electrons. The van der Waals surface area contributed by atoms with Gasteiger partial charge in [0.25, 0.3) is 0 Å². The Morgan fingerprint density at radius 2 is 2.21 bits per heavy atom. The number of benzene rings is 1. The maximum Gasteiger partial charge on any atom is 0.00323 e. The fraction of sp³-hybridized carbons (Fsp3) is 0.556. The van der Waals surface area contributed by atoms with Gasteiger partial charge in [-0.25, -0.2) is 0 Å². The first-order valence-corrected chi connectivity index (χ1v) is 7.64. The molecular formula is C18H23N. The standard InChI is InChI=1S/C18H23N/c1-11-4-3-5-14-15-7-6-13-9-18(15,8-12(13)2)16(10-19)17(11)14/h3-5,13,15-16H,2,6-10,19H2,1H3. The monoisotopic (exact) mass is 253 g/mol. The molecule has 4 atom stereocenters. The van der Waals surface area contributed by atoms with Crippen LogP contribution in [0.15, 0.2) is 30.4 Å². The van der Waals surface area contributed by atoms with Gasteiger partial charge in [-0.15, -0.1) is 0 Å². The van der Waals surface area contributed by atoms with Gasteiger partial charge >= 0.3 is 0 Å². The molecule has 4 unspecified atom stereocenters. The molecule has 3 aliphatic rings.